The van der Waals surface area contributed by atoms with Crippen molar-refractivity contribution >= 4 is 11.7 Å². The number of carbonyl (C=O) groups is 1. The molecule has 2 aromatic rings. The van der Waals surface area contributed by atoms with Crippen molar-refractivity contribution in [2.75, 3.05) is 44.2 Å². The lowest BCUT2D eigenvalue weighted by Crippen LogP contribution is -2.62. The summed E-state index contributed by atoms with van der Waals surface area (Å²) < 4.78 is 35.5. The van der Waals surface area contributed by atoms with Crippen LogP contribution in [0.2, 0.25) is 0 Å². The highest BCUT2D eigenvalue weighted by Crippen LogP contribution is 2.50. The second-order valence-corrected chi connectivity index (χ2v) is 10.4. The molecule has 3 aliphatic heterocycles. The first-order valence-electron chi connectivity index (χ1n) is 12.6. The fourth-order valence-corrected chi connectivity index (χ4v) is 5.76. The molecule has 1 N–H and O–H groups in total. The Morgan fingerprint density at radius 2 is 1.77 bits per heavy atom. The van der Waals surface area contributed by atoms with Crippen molar-refractivity contribution in [3.63, 3.8) is 0 Å². The zero-order valence-electron chi connectivity index (χ0n) is 20.7. The van der Waals surface area contributed by atoms with Crippen molar-refractivity contribution in [2.45, 2.75) is 51.3 Å². The molecule has 3 heterocycles. The zero-order chi connectivity index (χ0) is 24.8. The molecule has 8 heteroatoms. The molecule has 2 fully saturated rings. The number of anilines is 1. The van der Waals surface area contributed by atoms with Gasteiger partial charge < -0.3 is 15.0 Å². The third-order valence-corrected chi connectivity index (χ3v) is 7.31. The Morgan fingerprint density at radius 1 is 1.06 bits per heavy atom. The minimum absolute atomic E-state index is 0.154. The Kier molecular flexibility index (Phi) is 6.21. The summed E-state index contributed by atoms with van der Waals surface area (Å²) >= 11 is 0. The van der Waals surface area contributed by atoms with E-state index in [1.54, 1.807) is 23.1 Å². The van der Waals surface area contributed by atoms with E-state index in [0.717, 1.165) is 31.5 Å². The minimum Gasteiger partial charge on any atom is -0.487 e. The van der Waals surface area contributed by atoms with Crippen LogP contribution in [0.25, 0.3) is 0 Å². The summed E-state index contributed by atoms with van der Waals surface area (Å²) in [4.78, 5) is 19.9. The first-order valence-corrected chi connectivity index (χ1v) is 12.6. The van der Waals surface area contributed by atoms with Gasteiger partial charge in [-0.1, -0.05) is 13.3 Å². The Bertz CT molecular complexity index is 1100. The molecule has 1 unspecified atom stereocenters. The van der Waals surface area contributed by atoms with Gasteiger partial charge in [0.25, 0.3) is 0 Å². The molecular weight excluding hydrogens is 450 g/mol. The fraction of sp³-hybridized carbons (Fsp3) is 0.519. The molecule has 2 saturated heterocycles. The van der Waals surface area contributed by atoms with Gasteiger partial charge in [0.15, 0.2) is 5.66 Å². The van der Waals surface area contributed by atoms with Crippen LogP contribution in [-0.2, 0) is 12.1 Å². The van der Waals surface area contributed by atoms with E-state index in [0.29, 0.717) is 49.6 Å². The first-order chi connectivity index (χ1) is 16.7. The number of piperazine rings is 1. The molecule has 188 valence electrons. The molecular formula is C27H34F2N4O2. The van der Waals surface area contributed by atoms with Gasteiger partial charge in [-0.3, -0.25) is 9.80 Å². The lowest BCUT2D eigenvalue weighted by atomic mass is 9.91. The van der Waals surface area contributed by atoms with E-state index in [-0.39, 0.29) is 17.7 Å². The third kappa shape index (κ3) is 4.16. The van der Waals surface area contributed by atoms with Gasteiger partial charge in [-0.2, -0.15) is 0 Å². The number of carbonyl (C=O) groups excluding carboxylic acids is 1. The molecule has 0 saturated carbocycles. The van der Waals surface area contributed by atoms with E-state index in [4.69, 9.17) is 4.74 Å². The summed E-state index contributed by atoms with van der Waals surface area (Å²) in [5, 5.41) is 3.39. The number of nitrogens with one attached hydrogen (secondary N) is 1. The number of nitrogens with zero attached hydrogens (tertiary/aromatic N) is 3. The van der Waals surface area contributed by atoms with Crippen LogP contribution in [0, 0.1) is 11.6 Å². The first kappa shape index (κ1) is 24.0. The van der Waals surface area contributed by atoms with Gasteiger partial charge in [0, 0.05) is 56.0 Å². The molecule has 2 amide bonds. The summed E-state index contributed by atoms with van der Waals surface area (Å²) in [5.74, 6) is -0.0482. The Labute approximate surface area is 205 Å². The SMILES string of the molecule is CCCCN1CC(c2cc(F)cc3c2OC(C)(C)C3)(N2CCNCC2)N(c2ccc(F)cc2)C1=O. The molecule has 5 rings (SSSR count). The van der Waals surface area contributed by atoms with Gasteiger partial charge in [-0.05, 0) is 56.7 Å². The van der Waals surface area contributed by atoms with Crippen LogP contribution in [-0.4, -0.2) is 60.7 Å². The number of urea groups is 1. The second-order valence-electron chi connectivity index (χ2n) is 10.4. The highest BCUT2D eigenvalue weighted by atomic mass is 19.1. The summed E-state index contributed by atoms with van der Waals surface area (Å²) in [7, 11) is 0. The number of benzene rings is 2. The Morgan fingerprint density at radius 3 is 2.46 bits per heavy atom. The molecule has 0 aliphatic carbocycles. The van der Waals surface area contributed by atoms with Crippen LogP contribution in [0.15, 0.2) is 36.4 Å². The fourth-order valence-electron chi connectivity index (χ4n) is 5.76. The van der Waals surface area contributed by atoms with Crippen molar-refractivity contribution < 1.29 is 18.3 Å². The molecule has 0 aromatic heterocycles. The van der Waals surface area contributed by atoms with Crippen LogP contribution in [0.5, 0.6) is 5.75 Å². The van der Waals surface area contributed by atoms with Gasteiger partial charge in [-0.25, -0.2) is 13.6 Å². The highest BCUT2D eigenvalue weighted by molar-refractivity contribution is 5.96. The van der Waals surface area contributed by atoms with E-state index >= 15 is 4.39 Å². The van der Waals surface area contributed by atoms with Crippen molar-refractivity contribution in [1.82, 2.24) is 15.1 Å². The van der Waals surface area contributed by atoms with Gasteiger partial charge in [0.05, 0.1) is 6.54 Å². The molecule has 0 spiro atoms. The average molecular weight is 485 g/mol. The number of amides is 2. The van der Waals surface area contributed by atoms with Crippen molar-refractivity contribution in [3.8, 4) is 5.75 Å². The topological polar surface area (TPSA) is 48.1 Å². The van der Waals surface area contributed by atoms with Crippen LogP contribution >= 0.6 is 0 Å². The number of fused-ring (bicyclic) bond motifs is 1. The van der Waals surface area contributed by atoms with Gasteiger partial charge in [0.1, 0.15) is 23.0 Å². The summed E-state index contributed by atoms with van der Waals surface area (Å²) in [6.45, 7) is 9.94. The molecule has 2 aromatic carbocycles. The monoisotopic (exact) mass is 484 g/mol. The molecule has 3 aliphatic rings. The Hall–Kier alpha value is -2.71. The lowest BCUT2D eigenvalue weighted by Gasteiger charge is -2.48. The van der Waals surface area contributed by atoms with E-state index in [2.05, 4.69) is 17.1 Å². The molecule has 6 nitrogen and oxygen atoms in total. The number of rotatable bonds is 6. The number of halogens is 2. The standard InChI is InChI=1S/C27H34F2N4O2/c1-4-5-12-31-18-27(32-13-10-30-11-14-32,33(25(31)34)22-8-6-20(28)7-9-22)23-16-21(29)15-19-17-26(2,3)35-24(19)23/h6-9,15-16,30H,4-5,10-14,17-18H2,1-3H3. The average Bonchev–Trinajstić information content (AvgIpc) is 3.31. The third-order valence-electron chi connectivity index (χ3n) is 7.31. The molecule has 0 bridgehead atoms. The molecule has 1 atom stereocenters. The number of hydrogen-bond acceptors (Lipinski definition) is 4. The maximum atomic E-state index is 15.2. The summed E-state index contributed by atoms with van der Waals surface area (Å²) in [5.41, 5.74) is 0.608. The minimum atomic E-state index is -0.989. The second kappa shape index (κ2) is 9.06. The van der Waals surface area contributed by atoms with Crippen LogP contribution in [0.1, 0.15) is 44.7 Å². The van der Waals surface area contributed by atoms with E-state index in [1.165, 1.54) is 18.2 Å². The lowest BCUT2D eigenvalue weighted by molar-refractivity contribution is 0.0694. The zero-order valence-corrected chi connectivity index (χ0v) is 20.7. The van der Waals surface area contributed by atoms with E-state index in [9.17, 15) is 9.18 Å². The van der Waals surface area contributed by atoms with Crippen molar-refractivity contribution in [1.29, 1.82) is 0 Å². The van der Waals surface area contributed by atoms with Crippen LogP contribution in [0.4, 0.5) is 19.3 Å². The summed E-state index contributed by atoms with van der Waals surface area (Å²) in [6.07, 6.45) is 2.41. The smallest absolute Gasteiger partial charge is 0.326 e. The molecule has 35 heavy (non-hydrogen) atoms. The normalized spacial score (nSPS) is 24.1. The maximum absolute atomic E-state index is 15.2. The van der Waals surface area contributed by atoms with Crippen LogP contribution in [0.3, 0.4) is 0 Å². The number of hydrogen-bond donors (Lipinski definition) is 1. The maximum Gasteiger partial charge on any atom is 0.326 e. The predicted molar refractivity (Wildman–Crippen MR) is 132 cm³/mol. The largest absolute Gasteiger partial charge is 0.487 e. The van der Waals surface area contributed by atoms with Gasteiger partial charge >= 0.3 is 6.03 Å². The number of unbranched alkanes of at least 4 members (excludes halogenated alkanes) is 1. The van der Waals surface area contributed by atoms with Gasteiger partial charge in [-0.15, -0.1) is 0 Å². The van der Waals surface area contributed by atoms with Crippen LogP contribution < -0.4 is 15.0 Å². The van der Waals surface area contributed by atoms with Gasteiger partial charge in [0.2, 0.25) is 0 Å². The Balaban J connectivity index is 1.75. The van der Waals surface area contributed by atoms with Crippen molar-refractivity contribution in [2.24, 2.45) is 0 Å². The van der Waals surface area contributed by atoms with E-state index in [1.807, 2.05) is 18.7 Å². The highest BCUT2D eigenvalue weighted by Gasteiger charge is 2.57. The predicted octanol–water partition coefficient (Wildman–Crippen LogP) is 4.48. The van der Waals surface area contributed by atoms with Crippen molar-refractivity contribution in [3.05, 3.63) is 59.2 Å². The molecule has 0 radical (unpaired) electrons. The quantitative estimate of drug-likeness (QED) is 0.657. The number of ether oxygens (including phenoxy) is 1. The van der Waals surface area contributed by atoms with E-state index < -0.39 is 11.3 Å². The summed E-state index contributed by atoms with van der Waals surface area (Å²) in [6, 6.07) is 8.95.